The van der Waals surface area contributed by atoms with E-state index in [1.54, 1.807) is 6.26 Å². The number of ether oxygens (including phenoxy) is 1. The van der Waals surface area contributed by atoms with E-state index in [0.29, 0.717) is 17.3 Å². The van der Waals surface area contributed by atoms with Crippen molar-refractivity contribution in [2.45, 2.75) is 104 Å². The maximum atomic E-state index is 12.2. The number of furan rings is 1. The van der Waals surface area contributed by atoms with Crippen molar-refractivity contribution in [2.24, 2.45) is 34.0 Å². The summed E-state index contributed by atoms with van der Waals surface area (Å²) >= 11 is 0. The monoisotopic (exact) mass is 428 g/mol. The molecule has 1 aromatic heterocycles. The summed E-state index contributed by atoms with van der Waals surface area (Å²) in [5.74, 6) is 2.03. The van der Waals surface area contributed by atoms with Crippen molar-refractivity contribution < 1.29 is 19.1 Å². The molecule has 4 aliphatic rings. The Balaban J connectivity index is 1.66. The largest absolute Gasteiger partial charge is 0.468 e. The van der Waals surface area contributed by atoms with Gasteiger partial charge in [0.1, 0.15) is 11.9 Å². The molecular weight excluding hydrogens is 388 g/mol. The molecule has 4 nitrogen and oxygen atoms in total. The molecule has 1 heterocycles. The molecule has 172 valence electrons. The van der Waals surface area contributed by atoms with Crippen molar-refractivity contribution in [3.05, 3.63) is 23.7 Å². The molecular formula is C27H40O4. The van der Waals surface area contributed by atoms with Gasteiger partial charge in [0.05, 0.1) is 17.8 Å². The maximum absolute atomic E-state index is 12.2. The Hall–Kier alpha value is -1.29. The third kappa shape index (κ3) is 2.72. The number of esters is 1. The SMILES string of the molecule is CC(=O)O[C@H]1C[C@H]2[C@]3(C)CCCC(C)(C)[C@@H]3CC[C@@]2(C)[C@H]2C[C@H](O)c3ccoc3[C@]12C. The zero-order chi connectivity index (χ0) is 22.4. The van der Waals surface area contributed by atoms with Gasteiger partial charge in [-0.1, -0.05) is 34.1 Å². The lowest BCUT2D eigenvalue weighted by Crippen LogP contribution is -2.67. The van der Waals surface area contributed by atoms with E-state index in [1.165, 1.54) is 39.0 Å². The molecule has 8 atom stereocenters. The Kier molecular flexibility index (Phi) is 4.60. The zero-order valence-electron chi connectivity index (χ0n) is 20.2. The first-order valence-electron chi connectivity index (χ1n) is 12.4. The van der Waals surface area contributed by atoms with Crippen molar-refractivity contribution in [1.82, 2.24) is 0 Å². The number of aliphatic hydroxyl groups excluding tert-OH is 1. The van der Waals surface area contributed by atoms with Gasteiger partial charge in [-0.2, -0.15) is 0 Å². The number of hydrogen-bond donors (Lipinski definition) is 1. The predicted molar refractivity (Wildman–Crippen MR) is 119 cm³/mol. The number of hydrogen-bond acceptors (Lipinski definition) is 4. The number of carbonyl (C=O) groups is 1. The lowest BCUT2D eigenvalue weighted by atomic mass is 9.35. The van der Waals surface area contributed by atoms with Gasteiger partial charge in [0.25, 0.3) is 0 Å². The Bertz CT molecular complexity index is 886. The highest BCUT2D eigenvalue weighted by atomic mass is 16.5. The molecule has 1 N–H and O–H groups in total. The average Bonchev–Trinajstić information content (AvgIpc) is 3.16. The highest BCUT2D eigenvalue weighted by molar-refractivity contribution is 5.66. The smallest absolute Gasteiger partial charge is 0.302 e. The molecule has 1 aromatic rings. The van der Waals surface area contributed by atoms with E-state index in [4.69, 9.17) is 9.15 Å². The first-order chi connectivity index (χ1) is 14.4. The minimum Gasteiger partial charge on any atom is -0.468 e. The summed E-state index contributed by atoms with van der Waals surface area (Å²) in [6.07, 6.45) is 8.85. The minimum absolute atomic E-state index is 0.0928. The summed E-state index contributed by atoms with van der Waals surface area (Å²) in [5.41, 5.74) is 1.17. The highest BCUT2D eigenvalue weighted by Crippen LogP contribution is 2.73. The van der Waals surface area contributed by atoms with Gasteiger partial charge in [-0.05, 0) is 85.5 Å². The number of rotatable bonds is 1. The van der Waals surface area contributed by atoms with E-state index < -0.39 is 11.5 Å². The van der Waals surface area contributed by atoms with Gasteiger partial charge in [0.2, 0.25) is 0 Å². The van der Waals surface area contributed by atoms with Gasteiger partial charge in [-0.15, -0.1) is 0 Å². The molecule has 31 heavy (non-hydrogen) atoms. The van der Waals surface area contributed by atoms with Crippen LogP contribution in [0, 0.1) is 34.0 Å². The molecule has 0 aromatic carbocycles. The Labute approximate surface area is 187 Å². The normalized spacial score (nSPS) is 48.0. The van der Waals surface area contributed by atoms with Crippen molar-refractivity contribution in [2.75, 3.05) is 0 Å². The predicted octanol–water partition coefficient (Wildman–Crippen LogP) is 6.17. The van der Waals surface area contributed by atoms with Crippen molar-refractivity contribution in [1.29, 1.82) is 0 Å². The van der Waals surface area contributed by atoms with E-state index in [1.807, 2.05) is 6.07 Å². The summed E-state index contributed by atoms with van der Waals surface area (Å²) in [4.78, 5) is 12.2. The van der Waals surface area contributed by atoms with Crippen LogP contribution in [0.1, 0.15) is 104 Å². The second-order valence-electron chi connectivity index (χ2n) is 12.6. The van der Waals surface area contributed by atoms with E-state index in [9.17, 15) is 9.90 Å². The number of aliphatic hydroxyl groups is 1. The molecule has 3 fully saturated rings. The number of fused-ring (bicyclic) bond motifs is 7. The molecule has 4 heteroatoms. The van der Waals surface area contributed by atoms with Crippen molar-refractivity contribution in [3.8, 4) is 0 Å². The third-order valence-corrected chi connectivity index (χ3v) is 10.8. The molecule has 0 saturated heterocycles. The molecule has 0 spiro atoms. The lowest BCUT2D eigenvalue weighted by molar-refractivity contribution is -0.223. The van der Waals surface area contributed by atoms with Crippen LogP contribution in [0.3, 0.4) is 0 Å². The van der Waals surface area contributed by atoms with E-state index in [2.05, 4.69) is 34.6 Å². The van der Waals surface area contributed by atoms with E-state index >= 15 is 0 Å². The van der Waals surface area contributed by atoms with Gasteiger partial charge in [0, 0.05) is 12.5 Å². The van der Waals surface area contributed by atoms with Crippen LogP contribution in [0.25, 0.3) is 0 Å². The van der Waals surface area contributed by atoms with Gasteiger partial charge < -0.3 is 14.3 Å². The summed E-state index contributed by atoms with van der Waals surface area (Å²) in [7, 11) is 0. The van der Waals surface area contributed by atoms with Crippen LogP contribution in [-0.2, 0) is 14.9 Å². The summed E-state index contributed by atoms with van der Waals surface area (Å²) in [6, 6.07) is 1.91. The van der Waals surface area contributed by atoms with Crippen LogP contribution in [0.2, 0.25) is 0 Å². The Morgan fingerprint density at radius 1 is 1.03 bits per heavy atom. The second kappa shape index (κ2) is 6.62. The van der Waals surface area contributed by atoms with Crippen LogP contribution in [0.4, 0.5) is 0 Å². The van der Waals surface area contributed by atoms with Crippen LogP contribution < -0.4 is 0 Å². The molecule has 0 unspecified atom stereocenters. The van der Waals surface area contributed by atoms with E-state index in [0.717, 1.165) is 24.2 Å². The Morgan fingerprint density at radius 3 is 2.45 bits per heavy atom. The van der Waals surface area contributed by atoms with Crippen molar-refractivity contribution in [3.63, 3.8) is 0 Å². The van der Waals surface area contributed by atoms with Crippen LogP contribution >= 0.6 is 0 Å². The molecule has 5 rings (SSSR count). The third-order valence-electron chi connectivity index (χ3n) is 10.8. The standard InChI is InChI=1S/C27H40O4/c1-16(28)31-22-15-20-25(4)11-7-10-24(2,3)19(25)8-12-26(20,5)21-14-18(29)17-9-13-30-23(17)27(21,22)6/h9,13,18-22,29H,7-8,10-12,14-15H2,1-6H3/t18-,19-,20-,21+,22-,25+,26+,27-/m0/s1. The van der Waals surface area contributed by atoms with Crippen molar-refractivity contribution >= 4 is 5.97 Å². The fourth-order valence-electron chi connectivity index (χ4n) is 9.57. The first kappa shape index (κ1) is 21.6. The summed E-state index contributed by atoms with van der Waals surface area (Å²) in [5, 5.41) is 11.1. The minimum atomic E-state index is -0.506. The average molecular weight is 429 g/mol. The highest BCUT2D eigenvalue weighted by Gasteiger charge is 2.69. The zero-order valence-corrected chi connectivity index (χ0v) is 20.2. The second-order valence-corrected chi connectivity index (χ2v) is 12.6. The first-order valence-corrected chi connectivity index (χ1v) is 12.4. The fraction of sp³-hybridized carbons (Fsp3) is 0.815. The van der Waals surface area contributed by atoms with Gasteiger partial charge in [0.15, 0.2) is 0 Å². The van der Waals surface area contributed by atoms with Gasteiger partial charge in [-0.25, -0.2) is 0 Å². The van der Waals surface area contributed by atoms with Gasteiger partial charge in [-0.3, -0.25) is 4.79 Å². The maximum Gasteiger partial charge on any atom is 0.302 e. The van der Waals surface area contributed by atoms with Crippen LogP contribution in [-0.4, -0.2) is 17.2 Å². The lowest BCUT2D eigenvalue weighted by Gasteiger charge is -2.69. The molecule has 0 amide bonds. The number of carbonyl (C=O) groups excluding carboxylic acids is 1. The molecule has 0 radical (unpaired) electrons. The van der Waals surface area contributed by atoms with Crippen LogP contribution in [0.5, 0.6) is 0 Å². The Morgan fingerprint density at radius 2 is 1.74 bits per heavy atom. The quantitative estimate of drug-likeness (QED) is 0.543. The summed E-state index contributed by atoms with van der Waals surface area (Å²) in [6.45, 7) is 13.7. The summed E-state index contributed by atoms with van der Waals surface area (Å²) < 4.78 is 12.2. The fourth-order valence-corrected chi connectivity index (χ4v) is 9.57. The molecule has 0 aliphatic heterocycles. The molecule has 0 bridgehead atoms. The molecule has 4 aliphatic carbocycles. The van der Waals surface area contributed by atoms with Crippen LogP contribution in [0.15, 0.2) is 16.7 Å². The topological polar surface area (TPSA) is 59.7 Å². The van der Waals surface area contributed by atoms with Gasteiger partial charge >= 0.3 is 5.97 Å². The van der Waals surface area contributed by atoms with E-state index in [-0.39, 0.29) is 28.8 Å². The molecule has 3 saturated carbocycles.